The van der Waals surface area contributed by atoms with Crippen LogP contribution in [0.1, 0.15) is 37.7 Å². The largest absolute Gasteiger partial charge is 0.351 e. The zero-order chi connectivity index (χ0) is 18.5. The number of aryl methyl sites for hydroxylation is 2. The summed E-state index contributed by atoms with van der Waals surface area (Å²) in [6.45, 7) is 4.15. The maximum absolute atomic E-state index is 12.5. The van der Waals surface area contributed by atoms with Gasteiger partial charge in [0.1, 0.15) is 0 Å². The van der Waals surface area contributed by atoms with Crippen LogP contribution >= 0.6 is 0 Å². The average molecular weight is 349 g/mol. The zero-order valence-electron chi connectivity index (χ0n) is 14.6. The van der Waals surface area contributed by atoms with Gasteiger partial charge in [-0.2, -0.15) is 0 Å². The quantitative estimate of drug-likeness (QED) is 0.739. The Hall–Kier alpha value is -3.41. The molecule has 1 heterocycles. The number of carbonyl (C=O) groups excluding carboxylic acids is 2. The highest BCUT2D eigenvalue weighted by atomic mass is 16.5. The Morgan fingerprint density at radius 1 is 1.00 bits per heavy atom. The monoisotopic (exact) mass is 349 g/mol. The van der Waals surface area contributed by atoms with Crippen molar-refractivity contribution in [1.29, 1.82) is 0 Å². The highest BCUT2D eigenvalue weighted by molar-refractivity contribution is 6.07. The molecule has 3 aromatic rings. The van der Waals surface area contributed by atoms with Gasteiger partial charge in [-0.05, 0) is 31.5 Å². The Labute approximate surface area is 151 Å². The number of aromatic nitrogens is 1. The molecule has 0 saturated heterocycles. The van der Waals surface area contributed by atoms with Gasteiger partial charge in [-0.25, -0.2) is 0 Å². The third-order valence-corrected chi connectivity index (χ3v) is 3.85. The van der Waals surface area contributed by atoms with Crippen LogP contribution < -0.4 is 10.6 Å². The summed E-state index contributed by atoms with van der Waals surface area (Å²) in [5.41, 5.74) is 3.56. The van der Waals surface area contributed by atoms with Gasteiger partial charge in [0.2, 0.25) is 5.76 Å². The highest BCUT2D eigenvalue weighted by Crippen LogP contribution is 2.17. The minimum absolute atomic E-state index is 0.0948. The van der Waals surface area contributed by atoms with Crippen LogP contribution in [0.3, 0.4) is 0 Å². The highest BCUT2D eigenvalue weighted by Gasteiger charge is 2.16. The lowest BCUT2D eigenvalue weighted by Gasteiger charge is -2.11. The molecule has 0 aliphatic heterocycles. The van der Waals surface area contributed by atoms with Gasteiger partial charge in [0.05, 0.1) is 16.9 Å². The van der Waals surface area contributed by atoms with E-state index in [0.717, 1.165) is 11.1 Å². The van der Waals surface area contributed by atoms with Crippen LogP contribution in [-0.2, 0) is 6.54 Å². The fourth-order valence-electron chi connectivity index (χ4n) is 2.43. The average Bonchev–Trinajstić information content (AvgIpc) is 3.08. The van der Waals surface area contributed by atoms with Crippen molar-refractivity contribution in [3.63, 3.8) is 0 Å². The maximum Gasteiger partial charge on any atom is 0.294 e. The van der Waals surface area contributed by atoms with Gasteiger partial charge < -0.3 is 15.2 Å². The summed E-state index contributed by atoms with van der Waals surface area (Å²) in [6, 6.07) is 16.3. The van der Waals surface area contributed by atoms with Crippen LogP contribution in [-0.4, -0.2) is 17.0 Å². The number of amides is 2. The molecule has 6 heteroatoms. The molecule has 2 aromatic carbocycles. The van der Waals surface area contributed by atoms with E-state index in [4.69, 9.17) is 4.52 Å². The lowest BCUT2D eigenvalue weighted by molar-refractivity contribution is 0.0952. The number of benzene rings is 2. The summed E-state index contributed by atoms with van der Waals surface area (Å²) in [5, 5.41) is 9.25. The van der Waals surface area contributed by atoms with E-state index in [2.05, 4.69) is 15.8 Å². The van der Waals surface area contributed by atoms with E-state index >= 15 is 0 Å². The minimum atomic E-state index is -0.454. The van der Waals surface area contributed by atoms with Crippen molar-refractivity contribution in [1.82, 2.24) is 10.5 Å². The molecule has 2 amide bonds. The minimum Gasteiger partial charge on any atom is -0.351 e. The van der Waals surface area contributed by atoms with Crippen LogP contribution in [0.2, 0.25) is 0 Å². The number of anilines is 1. The van der Waals surface area contributed by atoms with Gasteiger partial charge in [0, 0.05) is 12.6 Å². The van der Waals surface area contributed by atoms with E-state index in [0.29, 0.717) is 23.5 Å². The molecule has 0 unspecified atom stereocenters. The summed E-state index contributed by atoms with van der Waals surface area (Å²) >= 11 is 0. The predicted octanol–water partition coefficient (Wildman–Crippen LogP) is 3.47. The molecule has 0 bridgehead atoms. The third kappa shape index (κ3) is 4.16. The van der Waals surface area contributed by atoms with Crippen molar-refractivity contribution in [2.45, 2.75) is 20.4 Å². The Morgan fingerprint density at radius 3 is 2.42 bits per heavy atom. The third-order valence-electron chi connectivity index (χ3n) is 3.85. The second-order valence-electron chi connectivity index (χ2n) is 6.00. The van der Waals surface area contributed by atoms with Crippen LogP contribution in [0.5, 0.6) is 0 Å². The second kappa shape index (κ2) is 7.65. The summed E-state index contributed by atoms with van der Waals surface area (Å²) in [7, 11) is 0. The Morgan fingerprint density at radius 2 is 1.73 bits per heavy atom. The summed E-state index contributed by atoms with van der Waals surface area (Å²) in [4.78, 5) is 24.8. The smallest absolute Gasteiger partial charge is 0.294 e. The van der Waals surface area contributed by atoms with E-state index in [1.165, 1.54) is 6.07 Å². The first-order valence-electron chi connectivity index (χ1n) is 8.20. The number of nitrogens with zero attached hydrogens (tertiary/aromatic N) is 1. The van der Waals surface area contributed by atoms with Gasteiger partial charge in [-0.3, -0.25) is 9.59 Å². The molecule has 0 spiro atoms. The van der Waals surface area contributed by atoms with E-state index < -0.39 is 5.91 Å². The molecule has 0 radical (unpaired) electrons. The van der Waals surface area contributed by atoms with Gasteiger partial charge in [0.25, 0.3) is 11.8 Å². The molecule has 0 aliphatic rings. The second-order valence-corrected chi connectivity index (χ2v) is 6.00. The molecular weight excluding hydrogens is 330 g/mol. The normalized spacial score (nSPS) is 10.4. The molecule has 2 N–H and O–H groups in total. The van der Waals surface area contributed by atoms with Crippen molar-refractivity contribution >= 4 is 17.5 Å². The van der Waals surface area contributed by atoms with Crippen molar-refractivity contribution in [3.8, 4) is 0 Å². The Balaban J connectivity index is 1.70. The molecule has 0 aliphatic carbocycles. The van der Waals surface area contributed by atoms with Crippen molar-refractivity contribution in [2.75, 3.05) is 5.32 Å². The van der Waals surface area contributed by atoms with Gasteiger partial charge in [0.15, 0.2) is 0 Å². The zero-order valence-corrected chi connectivity index (χ0v) is 14.6. The molecule has 1 aromatic heterocycles. The summed E-state index contributed by atoms with van der Waals surface area (Å²) in [5.74, 6) is -0.628. The van der Waals surface area contributed by atoms with Gasteiger partial charge in [-0.1, -0.05) is 47.1 Å². The first-order chi connectivity index (χ1) is 12.5. The molecule has 26 heavy (non-hydrogen) atoms. The van der Waals surface area contributed by atoms with Crippen LogP contribution in [0, 0.1) is 13.8 Å². The van der Waals surface area contributed by atoms with Gasteiger partial charge >= 0.3 is 0 Å². The Kier molecular flexibility index (Phi) is 5.12. The van der Waals surface area contributed by atoms with Crippen LogP contribution in [0.25, 0.3) is 0 Å². The van der Waals surface area contributed by atoms with Crippen molar-refractivity contribution in [3.05, 3.63) is 82.7 Å². The molecule has 0 atom stereocenters. The summed E-state index contributed by atoms with van der Waals surface area (Å²) in [6.07, 6.45) is 0. The number of nitrogens with one attached hydrogen (secondary N) is 2. The Bertz CT molecular complexity index is 929. The van der Waals surface area contributed by atoms with Gasteiger partial charge in [-0.15, -0.1) is 0 Å². The standard InChI is InChI=1S/C20H19N3O3/c1-13-7-9-15(10-8-13)12-21-19(24)16-5-3-4-6-17(16)22-20(25)18-11-14(2)23-26-18/h3-11H,12H2,1-2H3,(H,21,24)(H,22,25). The number of para-hydroxylation sites is 1. The van der Waals surface area contributed by atoms with Crippen molar-refractivity contribution in [2.24, 2.45) is 0 Å². The fraction of sp³-hybridized carbons (Fsp3) is 0.150. The number of carbonyl (C=O) groups is 2. The first-order valence-corrected chi connectivity index (χ1v) is 8.20. The molecule has 132 valence electrons. The number of rotatable bonds is 5. The number of hydrogen-bond donors (Lipinski definition) is 2. The topological polar surface area (TPSA) is 84.2 Å². The first kappa shape index (κ1) is 17.4. The SMILES string of the molecule is Cc1ccc(CNC(=O)c2ccccc2NC(=O)c2cc(C)no2)cc1. The number of hydrogen-bond acceptors (Lipinski definition) is 4. The van der Waals surface area contributed by atoms with Crippen molar-refractivity contribution < 1.29 is 14.1 Å². The molecule has 3 rings (SSSR count). The van der Waals surface area contributed by atoms with Crippen LogP contribution in [0.15, 0.2) is 59.1 Å². The fourth-order valence-corrected chi connectivity index (χ4v) is 2.43. The lowest BCUT2D eigenvalue weighted by Crippen LogP contribution is -2.24. The van der Waals surface area contributed by atoms with E-state index in [1.807, 2.05) is 31.2 Å². The van der Waals surface area contributed by atoms with E-state index in [1.54, 1.807) is 31.2 Å². The predicted molar refractivity (Wildman–Crippen MR) is 98.0 cm³/mol. The molecular formula is C20H19N3O3. The summed E-state index contributed by atoms with van der Waals surface area (Å²) < 4.78 is 4.95. The molecule has 0 fully saturated rings. The molecule has 6 nitrogen and oxygen atoms in total. The van der Waals surface area contributed by atoms with Crippen LogP contribution in [0.4, 0.5) is 5.69 Å². The molecule has 0 saturated carbocycles. The van der Waals surface area contributed by atoms with E-state index in [9.17, 15) is 9.59 Å². The van der Waals surface area contributed by atoms with E-state index in [-0.39, 0.29) is 11.7 Å². The lowest BCUT2D eigenvalue weighted by atomic mass is 10.1. The maximum atomic E-state index is 12.5.